The Kier molecular flexibility index (Phi) is 2.75. The average Bonchev–Trinajstić information content (AvgIpc) is 2.53. The number of hydrogen-bond acceptors (Lipinski definition) is 4. The minimum absolute atomic E-state index is 0.452. The van der Waals surface area contributed by atoms with E-state index in [1.165, 1.54) is 11.3 Å². The summed E-state index contributed by atoms with van der Waals surface area (Å²) in [6.45, 7) is 0. The lowest BCUT2D eigenvalue weighted by Crippen LogP contribution is -1.81. The van der Waals surface area contributed by atoms with E-state index in [4.69, 9.17) is 11.6 Å². The van der Waals surface area contributed by atoms with Gasteiger partial charge in [-0.1, -0.05) is 11.3 Å². The molecule has 2 heterocycles. The van der Waals surface area contributed by atoms with Crippen molar-refractivity contribution in [1.82, 2.24) is 15.2 Å². The van der Waals surface area contributed by atoms with E-state index in [-0.39, 0.29) is 0 Å². The normalized spacial score (nSPS) is 10.3. The molecule has 3 nitrogen and oxygen atoms in total. The molecule has 0 aliphatic carbocycles. The van der Waals surface area contributed by atoms with E-state index in [0.29, 0.717) is 4.47 Å². The molecule has 6 heteroatoms. The van der Waals surface area contributed by atoms with Crippen LogP contribution in [0.5, 0.6) is 0 Å². The SMILES string of the molecule is Clc1nnc(-c2ccc(I)nc2)s1. The summed E-state index contributed by atoms with van der Waals surface area (Å²) in [6.07, 6.45) is 1.76. The summed E-state index contributed by atoms with van der Waals surface area (Å²) in [7, 11) is 0. The number of nitrogens with zero attached hydrogens (tertiary/aromatic N) is 3. The summed E-state index contributed by atoms with van der Waals surface area (Å²) >= 11 is 9.16. The molecular formula is C7H3ClIN3S. The average molecular weight is 324 g/mol. The van der Waals surface area contributed by atoms with Crippen molar-refractivity contribution in [1.29, 1.82) is 0 Å². The molecule has 0 radical (unpaired) electrons. The van der Waals surface area contributed by atoms with Crippen molar-refractivity contribution in [3.8, 4) is 10.6 Å². The van der Waals surface area contributed by atoms with Crippen molar-refractivity contribution in [2.75, 3.05) is 0 Å². The summed E-state index contributed by atoms with van der Waals surface area (Å²) in [4.78, 5) is 4.15. The second kappa shape index (κ2) is 3.85. The Morgan fingerprint density at radius 3 is 2.69 bits per heavy atom. The van der Waals surface area contributed by atoms with Crippen molar-refractivity contribution in [3.63, 3.8) is 0 Å². The van der Waals surface area contributed by atoms with Crippen LogP contribution >= 0.6 is 45.5 Å². The highest BCUT2D eigenvalue weighted by molar-refractivity contribution is 14.1. The van der Waals surface area contributed by atoms with Crippen LogP contribution in [0.4, 0.5) is 0 Å². The van der Waals surface area contributed by atoms with Gasteiger partial charge in [-0.2, -0.15) is 0 Å². The predicted octanol–water partition coefficient (Wildman–Crippen LogP) is 2.86. The largest absolute Gasteiger partial charge is 0.250 e. The monoisotopic (exact) mass is 323 g/mol. The maximum Gasteiger partial charge on any atom is 0.207 e. The van der Waals surface area contributed by atoms with Gasteiger partial charge >= 0.3 is 0 Å². The van der Waals surface area contributed by atoms with Gasteiger partial charge in [0.2, 0.25) is 4.47 Å². The zero-order chi connectivity index (χ0) is 9.26. The van der Waals surface area contributed by atoms with Gasteiger partial charge in [0, 0.05) is 11.8 Å². The molecule has 0 aromatic carbocycles. The zero-order valence-corrected chi connectivity index (χ0v) is 9.97. The Morgan fingerprint density at radius 2 is 2.15 bits per heavy atom. The van der Waals surface area contributed by atoms with E-state index in [2.05, 4.69) is 37.8 Å². The van der Waals surface area contributed by atoms with E-state index < -0.39 is 0 Å². The van der Waals surface area contributed by atoms with Crippen molar-refractivity contribution in [2.24, 2.45) is 0 Å². The maximum atomic E-state index is 5.66. The van der Waals surface area contributed by atoms with Gasteiger partial charge in [-0.25, -0.2) is 4.98 Å². The molecule has 0 fully saturated rings. The Hall–Kier alpha value is -0.270. The number of rotatable bonds is 1. The maximum absolute atomic E-state index is 5.66. The summed E-state index contributed by atoms with van der Waals surface area (Å²) in [5.74, 6) is 0. The van der Waals surface area contributed by atoms with Crippen LogP contribution in [0.2, 0.25) is 4.47 Å². The van der Waals surface area contributed by atoms with Crippen LogP contribution < -0.4 is 0 Å². The zero-order valence-electron chi connectivity index (χ0n) is 6.24. The van der Waals surface area contributed by atoms with Crippen molar-refractivity contribution in [2.45, 2.75) is 0 Å². The predicted molar refractivity (Wildman–Crippen MR) is 60.9 cm³/mol. The van der Waals surface area contributed by atoms with Gasteiger partial charge in [0.15, 0.2) is 0 Å². The molecule has 66 valence electrons. The number of pyridine rings is 1. The van der Waals surface area contributed by atoms with Crippen molar-refractivity contribution < 1.29 is 0 Å². The van der Waals surface area contributed by atoms with Gasteiger partial charge in [0.25, 0.3) is 0 Å². The molecule has 0 N–H and O–H groups in total. The first-order valence-corrected chi connectivity index (χ1v) is 5.64. The second-order valence-corrected chi connectivity index (χ2v) is 4.89. The minimum Gasteiger partial charge on any atom is -0.250 e. The Morgan fingerprint density at radius 1 is 1.31 bits per heavy atom. The van der Waals surface area contributed by atoms with Crippen LogP contribution in [-0.2, 0) is 0 Å². The van der Waals surface area contributed by atoms with E-state index in [1.54, 1.807) is 6.20 Å². The highest BCUT2D eigenvalue weighted by Gasteiger charge is 2.04. The summed E-state index contributed by atoms with van der Waals surface area (Å²) in [5, 5.41) is 8.43. The van der Waals surface area contributed by atoms with Gasteiger partial charge in [-0.05, 0) is 46.3 Å². The molecule has 0 bridgehead atoms. The van der Waals surface area contributed by atoms with E-state index in [0.717, 1.165) is 14.3 Å². The highest BCUT2D eigenvalue weighted by atomic mass is 127. The summed E-state index contributed by atoms with van der Waals surface area (Å²) in [5.41, 5.74) is 0.949. The first-order chi connectivity index (χ1) is 6.25. The molecule has 0 amide bonds. The molecule has 0 unspecified atom stereocenters. The first-order valence-electron chi connectivity index (χ1n) is 3.36. The van der Waals surface area contributed by atoms with Crippen LogP contribution in [0, 0.1) is 3.70 Å². The Balaban J connectivity index is 2.41. The number of hydrogen-bond donors (Lipinski definition) is 0. The third-order valence-corrected chi connectivity index (χ3v) is 3.08. The molecule has 13 heavy (non-hydrogen) atoms. The van der Waals surface area contributed by atoms with E-state index in [9.17, 15) is 0 Å². The van der Waals surface area contributed by atoms with Crippen LogP contribution in [0.25, 0.3) is 10.6 Å². The molecular weight excluding hydrogens is 321 g/mol. The number of halogens is 2. The summed E-state index contributed by atoms with van der Waals surface area (Å²) in [6, 6.07) is 3.87. The second-order valence-electron chi connectivity index (χ2n) is 2.23. The summed E-state index contributed by atoms with van der Waals surface area (Å²) < 4.78 is 1.41. The van der Waals surface area contributed by atoms with Gasteiger partial charge < -0.3 is 0 Å². The third-order valence-electron chi connectivity index (χ3n) is 1.37. The third kappa shape index (κ3) is 2.15. The van der Waals surface area contributed by atoms with Crippen LogP contribution in [0.15, 0.2) is 18.3 Å². The fraction of sp³-hybridized carbons (Fsp3) is 0. The fourth-order valence-electron chi connectivity index (χ4n) is 0.824. The smallest absolute Gasteiger partial charge is 0.207 e. The van der Waals surface area contributed by atoms with Crippen LogP contribution in [-0.4, -0.2) is 15.2 Å². The quantitative estimate of drug-likeness (QED) is 0.598. The van der Waals surface area contributed by atoms with E-state index >= 15 is 0 Å². The lowest BCUT2D eigenvalue weighted by atomic mass is 10.3. The molecule has 2 aromatic heterocycles. The number of aromatic nitrogens is 3. The van der Waals surface area contributed by atoms with Gasteiger partial charge in [0.1, 0.15) is 8.71 Å². The standard InChI is InChI=1S/C7H3ClIN3S/c8-7-12-11-6(13-7)4-1-2-5(9)10-3-4/h1-3H. The molecule has 0 saturated carbocycles. The fourth-order valence-corrected chi connectivity index (χ4v) is 1.96. The molecule has 0 aliphatic rings. The van der Waals surface area contributed by atoms with Crippen molar-refractivity contribution >= 4 is 45.5 Å². The van der Waals surface area contributed by atoms with E-state index in [1.807, 2.05) is 12.1 Å². The lowest BCUT2D eigenvalue weighted by molar-refractivity contribution is 1.09. The van der Waals surface area contributed by atoms with Gasteiger partial charge in [0.05, 0.1) is 0 Å². The Bertz CT molecular complexity index is 414. The molecule has 0 saturated heterocycles. The minimum atomic E-state index is 0.452. The van der Waals surface area contributed by atoms with Gasteiger partial charge in [-0.3, -0.25) is 0 Å². The topological polar surface area (TPSA) is 38.7 Å². The molecule has 2 aromatic rings. The van der Waals surface area contributed by atoms with Crippen molar-refractivity contribution in [3.05, 3.63) is 26.5 Å². The Labute approximate surface area is 97.3 Å². The molecule has 2 rings (SSSR count). The van der Waals surface area contributed by atoms with Crippen LogP contribution in [0.1, 0.15) is 0 Å². The first kappa shape index (κ1) is 9.29. The molecule has 0 aliphatic heterocycles. The molecule has 0 spiro atoms. The van der Waals surface area contributed by atoms with Gasteiger partial charge in [-0.15, -0.1) is 10.2 Å². The van der Waals surface area contributed by atoms with Crippen LogP contribution in [0.3, 0.4) is 0 Å². The lowest BCUT2D eigenvalue weighted by Gasteiger charge is -1.92. The highest BCUT2D eigenvalue weighted by Crippen LogP contribution is 2.25. The molecule has 0 atom stereocenters.